The largest absolute Gasteiger partial charge is 0.508 e. The van der Waals surface area contributed by atoms with Crippen molar-refractivity contribution >= 4 is 17.5 Å². The van der Waals surface area contributed by atoms with Gasteiger partial charge in [-0.1, -0.05) is 17.7 Å². The zero-order chi connectivity index (χ0) is 24.4. The standard InChI is InChI=1S/C29H32ClN3O3/c30-19-10-21(26(35)31-13-19)27(36)33-15-18-12-28-6-5-23(33)25(18)29(28)7-8-32(14-16-1-2-16)24(28)9-17-3-4-20(34)11-22(17)29/h3-4,10-11,13,16,18,23-25,34H,1-2,5-9,12,14-15H2,(H,31,35)/t18-,23?,24?,25?,28?,29?/m1/s1. The number of nitrogens with one attached hydrogen (secondary N) is 1. The average molecular weight is 506 g/mol. The molecule has 1 aromatic heterocycles. The number of amides is 1. The molecule has 3 saturated carbocycles. The van der Waals surface area contributed by atoms with E-state index in [1.54, 1.807) is 0 Å². The highest BCUT2D eigenvalue weighted by Crippen LogP contribution is 2.75. The molecule has 8 rings (SSSR count). The van der Waals surface area contributed by atoms with Crippen LogP contribution >= 0.6 is 11.6 Å². The molecule has 4 aliphatic carbocycles. The van der Waals surface area contributed by atoms with Gasteiger partial charge in [-0.25, -0.2) is 0 Å². The van der Waals surface area contributed by atoms with Crippen molar-refractivity contribution < 1.29 is 9.90 Å². The van der Waals surface area contributed by atoms with Crippen molar-refractivity contribution in [3.63, 3.8) is 0 Å². The molecule has 0 spiro atoms. The van der Waals surface area contributed by atoms with Crippen LogP contribution in [-0.4, -0.2) is 57.5 Å². The van der Waals surface area contributed by atoms with Crippen LogP contribution in [0.15, 0.2) is 35.3 Å². The summed E-state index contributed by atoms with van der Waals surface area (Å²) in [5.41, 5.74) is 2.74. The van der Waals surface area contributed by atoms with Crippen LogP contribution in [0, 0.1) is 23.2 Å². The molecule has 188 valence electrons. The SMILES string of the molecule is O=C(c1cc(Cl)c[nH]c1=O)N1C[C@H]2CC34CCC1C2C31CCN(CC2CC2)C4Cc2ccc(O)cc21. The number of likely N-dealkylation sites (tertiary alicyclic amines) is 2. The summed E-state index contributed by atoms with van der Waals surface area (Å²) in [5, 5.41) is 11.0. The van der Waals surface area contributed by atoms with E-state index >= 15 is 0 Å². The van der Waals surface area contributed by atoms with Crippen molar-refractivity contribution in [1.29, 1.82) is 0 Å². The summed E-state index contributed by atoms with van der Waals surface area (Å²) in [6.07, 6.45) is 9.62. The summed E-state index contributed by atoms with van der Waals surface area (Å²) in [6.45, 7) is 3.06. The quantitative estimate of drug-likeness (QED) is 0.662. The van der Waals surface area contributed by atoms with Crippen LogP contribution in [0.3, 0.4) is 0 Å². The van der Waals surface area contributed by atoms with Crippen molar-refractivity contribution in [3.05, 3.63) is 62.5 Å². The van der Waals surface area contributed by atoms with Crippen LogP contribution in [0.5, 0.6) is 5.75 Å². The van der Waals surface area contributed by atoms with E-state index in [2.05, 4.69) is 22.0 Å². The average Bonchev–Trinajstić information content (AvgIpc) is 3.55. The van der Waals surface area contributed by atoms with E-state index in [0.29, 0.717) is 35.2 Å². The number of hydrogen-bond acceptors (Lipinski definition) is 4. The van der Waals surface area contributed by atoms with Crippen LogP contribution < -0.4 is 5.56 Å². The second-order valence-electron chi connectivity index (χ2n) is 12.5. The molecule has 0 radical (unpaired) electrons. The highest BCUT2D eigenvalue weighted by Gasteiger charge is 2.76. The third-order valence-corrected chi connectivity index (χ3v) is 11.4. The molecule has 6 aliphatic rings. The minimum Gasteiger partial charge on any atom is -0.508 e. The van der Waals surface area contributed by atoms with E-state index in [9.17, 15) is 14.7 Å². The summed E-state index contributed by atoms with van der Waals surface area (Å²) < 4.78 is 0. The van der Waals surface area contributed by atoms with Gasteiger partial charge in [0.05, 0.1) is 5.02 Å². The van der Waals surface area contributed by atoms with Crippen molar-refractivity contribution in [2.24, 2.45) is 23.2 Å². The molecule has 1 aromatic carbocycles. The maximum atomic E-state index is 13.7. The molecule has 7 heteroatoms. The van der Waals surface area contributed by atoms with Gasteiger partial charge in [0.2, 0.25) is 0 Å². The summed E-state index contributed by atoms with van der Waals surface area (Å²) in [4.78, 5) is 33.8. The molecule has 2 aliphatic heterocycles. The molecule has 1 amide bonds. The Balaban J connectivity index is 1.25. The zero-order valence-electron chi connectivity index (χ0n) is 20.4. The van der Waals surface area contributed by atoms with Gasteiger partial charge in [-0.2, -0.15) is 0 Å². The van der Waals surface area contributed by atoms with Gasteiger partial charge in [0.15, 0.2) is 0 Å². The second-order valence-corrected chi connectivity index (χ2v) is 12.9. The number of phenolic OH excluding ortho intramolecular Hbond substituents is 1. The summed E-state index contributed by atoms with van der Waals surface area (Å²) in [6, 6.07) is 8.28. The maximum absolute atomic E-state index is 13.7. The molecule has 2 N–H and O–H groups in total. The minimum absolute atomic E-state index is 0.00654. The van der Waals surface area contributed by atoms with E-state index in [1.807, 2.05) is 11.0 Å². The van der Waals surface area contributed by atoms with E-state index in [0.717, 1.165) is 44.6 Å². The number of aromatic amines is 1. The smallest absolute Gasteiger partial charge is 0.260 e. The Morgan fingerprint density at radius 2 is 2.06 bits per heavy atom. The van der Waals surface area contributed by atoms with E-state index in [1.165, 1.54) is 42.8 Å². The summed E-state index contributed by atoms with van der Waals surface area (Å²) in [5.74, 6) is 1.84. The fourth-order valence-corrected chi connectivity index (χ4v) is 10.1. The van der Waals surface area contributed by atoms with Gasteiger partial charge in [0, 0.05) is 36.8 Å². The lowest BCUT2D eigenvalue weighted by molar-refractivity contribution is -0.102. The summed E-state index contributed by atoms with van der Waals surface area (Å²) in [7, 11) is 0. The molecule has 6 nitrogen and oxygen atoms in total. The maximum Gasteiger partial charge on any atom is 0.260 e. The first-order valence-electron chi connectivity index (χ1n) is 13.7. The topological polar surface area (TPSA) is 76.6 Å². The zero-order valence-corrected chi connectivity index (χ0v) is 21.1. The van der Waals surface area contributed by atoms with Gasteiger partial charge < -0.3 is 15.0 Å². The number of carbonyl (C=O) groups excluding carboxylic acids is 1. The Morgan fingerprint density at radius 1 is 1.19 bits per heavy atom. The van der Waals surface area contributed by atoms with Gasteiger partial charge in [0.25, 0.3) is 11.5 Å². The van der Waals surface area contributed by atoms with Crippen molar-refractivity contribution in [1.82, 2.24) is 14.8 Å². The molecule has 6 atom stereocenters. The number of nitrogens with zero attached hydrogens (tertiary/aromatic N) is 2. The van der Waals surface area contributed by atoms with Crippen molar-refractivity contribution in [2.75, 3.05) is 19.6 Å². The number of carbonyl (C=O) groups is 1. The number of phenols is 1. The predicted octanol–water partition coefficient (Wildman–Crippen LogP) is 3.95. The Hall–Kier alpha value is -2.31. The lowest BCUT2D eigenvalue weighted by Crippen LogP contribution is -2.70. The predicted molar refractivity (Wildman–Crippen MR) is 136 cm³/mol. The number of H-pyrrole nitrogens is 1. The molecule has 5 unspecified atom stereocenters. The number of hydrogen-bond donors (Lipinski definition) is 2. The number of halogens is 1. The molecule has 2 aromatic rings. The number of rotatable bonds is 3. The first-order chi connectivity index (χ1) is 17.4. The highest BCUT2D eigenvalue weighted by molar-refractivity contribution is 6.30. The van der Waals surface area contributed by atoms with E-state index < -0.39 is 0 Å². The monoisotopic (exact) mass is 505 g/mol. The fraction of sp³-hybridized carbons (Fsp3) is 0.586. The van der Waals surface area contributed by atoms with Crippen LogP contribution in [0.4, 0.5) is 0 Å². The molecule has 5 fully saturated rings. The Labute approximate surface area is 215 Å². The molecule has 2 saturated heterocycles. The third kappa shape index (κ3) is 2.62. The fourth-order valence-electron chi connectivity index (χ4n) is 9.95. The second kappa shape index (κ2) is 7.16. The van der Waals surface area contributed by atoms with Gasteiger partial charge in [-0.15, -0.1) is 0 Å². The Morgan fingerprint density at radius 3 is 2.89 bits per heavy atom. The van der Waals surface area contributed by atoms with E-state index in [-0.39, 0.29) is 33.9 Å². The molecule has 36 heavy (non-hydrogen) atoms. The third-order valence-electron chi connectivity index (χ3n) is 11.1. The van der Waals surface area contributed by atoms with Gasteiger partial charge >= 0.3 is 0 Å². The number of piperidine rings is 1. The lowest BCUT2D eigenvalue weighted by atomic mass is 9.43. The minimum atomic E-state index is -0.369. The number of aromatic hydroxyl groups is 1. The first kappa shape index (κ1) is 21.7. The van der Waals surface area contributed by atoms with Gasteiger partial charge in [0.1, 0.15) is 11.3 Å². The molecular weight excluding hydrogens is 474 g/mol. The number of benzene rings is 1. The van der Waals surface area contributed by atoms with Crippen molar-refractivity contribution in [2.45, 2.75) is 62.4 Å². The van der Waals surface area contributed by atoms with Crippen LogP contribution in [0.25, 0.3) is 0 Å². The number of fused-ring (bicyclic) bond motifs is 1. The number of pyridine rings is 1. The normalized spacial score (nSPS) is 38.1. The van der Waals surface area contributed by atoms with Crippen LogP contribution in [-0.2, 0) is 11.8 Å². The Bertz CT molecular complexity index is 1350. The Kier molecular flexibility index (Phi) is 4.33. The van der Waals surface area contributed by atoms with Crippen molar-refractivity contribution in [3.8, 4) is 5.75 Å². The first-order valence-corrected chi connectivity index (χ1v) is 14.0. The van der Waals surface area contributed by atoms with Crippen LogP contribution in [0.2, 0.25) is 5.02 Å². The number of aromatic nitrogens is 1. The highest BCUT2D eigenvalue weighted by atomic mass is 35.5. The lowest BCUT2D eigenvalue weighted by Gasteiger charge is -2.66. The van der Waals surface area contributed by atoms with Crippen LogP contribution in [0.1, 0.15) is 60.0 Å². The van der Waals surface area contributed by atoms with Gasteiger partial charge in [-0.05, 0) is 104 Å². The summed E-state index contributed by atoms with van der Waals surface area (Å²) >= 11 is 6.16. The van der Waals surface area contributed by atoms with E-state index in [4.69, 9.17) is 11.6 Å². The molecular formula is C29H32ClN3O3. The molecule has 3 heterocycles. The van der Waals surface area contributed by atoms with Gasteiger partial charge in [-0.3, -0.25) is 14.5 Å². The molecule has 4 bridgehead atoms.